The third-order valence-electron chi connectivity index (χ3n) is 4.33. The third kappa shape index (κ3) is 2.62. The van der Waals surface area contributed by atoms with Gasteiger partial charge in [0, 0.05) is 24.8 Å². The maximum absolute atomic E-state index is 11.8. The monoisotopic (exact) mass is 251 g/mol. The first-order chi connectivity index (χ1) is 8.49. The van der Waals surface area contributed by atoms with Crippen molar-refractivity contribution < 1.29 is 14.4 Å². The molecule has 0 spiro atoms. The smallest absolute Gasteiger partial charge is 0.232 e. The molecular weight excluding hydrogens is 230 g/mol. The number of rotatable bonds is 3. The minimum absolute atomic E-state index is 0.0197. The Morgan fingerprint density at radius 3 is 2.28 bits per heavy atom. The van der Waals surface area contributed by atoms with Crippen LogP contribution in [0.2, 0.25) is 0 Å². The molecule has 0 bridgehead atoms. The quantitative estimate of drug-likeness (QED) is 0.718. The van der Waals surface area contributed by atoms with E-state index >= 15 is 0 Å². The largest absolute Gasteiger partial charge is 0.300 e. The molecule has 18 heavy (non-hydrogen) atoms. The van der Waals surface area contributed by atoms with E-state index in [0.29, 0.717) is 18.9 Å². The molecule has 0 unspecified atom stereocenters. The molecule has 4 nitrogen and oxygen atoms in total. The zero-order chi connectivity index (χ0) is 13.3. The number of carbonyl (C=O) groups is 3. The number of imide groups is 1. The second-order valence-corrected chi connectivity index (χ2v) is 5.78. The Morgan fingerprint density at radius 2 is 1.83 bits per heavy atom. The first-order valence-electron chi connectivity index (χ1n) is 6.83. The predicted molar refractivity (Wildman–Crippen MR) is 66.6 cm³/mol. The summed E-state index contributed by atoms with van der Waals surface area (Å²) in [4.78, 5) is 36.2. The molecule has 100 valence electrons. The Bertz CT molecular complexity index is 369. The molecule has 2 aliphatic rings. The zero-order valence-electron chi connectivity index (χ0n) is 11.1. The van der Waals surface area contributed by atoms with Crippen molar-refractivity contribution in [1.29, 1.82) is 0 Å². The maximum Gasteiger partial charge on any atom is 0.232 e. The van der Waals surface area contributed by atoms with E-state index in [-0.39, 0.29) is 29.4 Å². The predicted octanol–water partition coefficient (Wildman–Crippen LogP) is 1.78. The Morgan fingerprint density at radius 1 is 1.22 bits per heavy atom. The molecule has 1 saturated carbocycles. The molecule has 0 N–H and O–H groups in total. The topological polar surface area (TPSA) is 54.5 Å². The third-order valence-corrected chi connectivity index (χ3v) is 4.33. The van der Waals surface area contributed by atoms with Crippen molar-refractivity contribution in [3.05, 3.63) is 0 Å². The van der Waals surface area contributed by atoms with Crippen molar-refractivity contribution in [2.75, 3.05) is 6.54 Å². The fourth-order valence-electron chi connectivity index (χ4n) is 3.05. The van der Waals surface area contributed by atoms with Crippen molar-refractivity contribution in [1.82, 2.24) is 4.90 Å². The van der Waals surface area contributed by atoms with Gasteiger partial charge in [-0.15, -0.1) is 0 Å². The number of likely N-dealkylation sites (tertiary alicyclic amines) is 1. The van der Waals surface area contributed by atoms with Crippen LogP contribution >= 0.6 is 0 Å². The molecule has 2 rings (SSSR count). The number of amides is 2. The summed E-state index contributed by atoms with van der Waals surface area (Å²) in [6, 6.07) is 0. The SMILES string of the molecule is CC(=O)C1CCC(CN2C(=O)C[C@@H](C)C2=O)CC1. The molecule has 0 radical (unpaired) electrons. The van der Waals surface area contributed by atoms with Crippen molar-refractivity contribution >= 4 is 17.6 Å². The number of hydrogen-bond donors (Lipinski definition) is 0. The van der Waals surface area contributed by atoms with Gasteiger partial charge in [0.15, 0.2) is 0 Å². The lowest BCUT2D eigenvalue weighted by molar-refractivity contribution is -0.140. The van der Waals surface area contributed by atoms with E-state index in [1.807, 2.05) is 6.92 Å². The highest BCUT2D eigenvalue weighted by Gasteiger charge is 2.37. The number of Topliss-reactive ketones (excluding diaryl/α,β-unsaturated/α-hetero) is 1. The first-order valence-corrected chi connectivity index (χ1v) is 6.83. The van der Waals surface area contributed by atoms with Crippen LogP contribution in [-0.2, 0) is 14.4 Å². The average molecular weight is 251 g/mol. The standard InChI is InChI=1S/C14H21NO3/c1-9-7-13(17)15(14(9)18)8-11-3-5-12(6-4-11)10(2)16/h9,11-12H,3-8H2,1-2H3/t9-,11?,12?/m1/s1. The number of carbonyl (C=O) groups excluding carboxylic acids is 3. The lowest BCUT2D eigenvalue weighted by atomic mass is 9.80. The lowest BCUT2D eigenvalue weighted by Gasteiger charge is -2.29. The molecular formula is C14H21NO3. The molecule has 4 heteroatoms. The molecule has 2 fully saturated rings. The van der Waals surface area contributed by atoms with Crippen LogP contribution in [0.25, 0.3) is 0 Å². The van der Waals surface area contributed by atoms with Crippen molar-refractivity contribution in [3.8, 4) is 0 Å². The fourth-order valence-corrected chi connectivity index (χ4v) is 3.05. The minimum Gasteiger partial charge on any atom is -0.300 e. The van der Waals surface area contributed by atoms with E-state index in [1.54, 1.807) is 6.92 Å². The summed E-state index contributed by atoms with van der Waals surface area (Å²) in [5.41, 5.74) is 0. The van der Waals surface area contributed by atoms with Crippen LogP contribution in [-0.4, -0.2) is 29.0 Å². The summed E-state index contributed by atoms with van der Waals surface area (Å²) < 4.78 is 0. The molecule has 1 saturated heterocycles. The molecule has 0 aromatic carbocycles. The Hall–Kier alpha value is -1.19. The van der Waals surface area contributed by atoms with Gasteiger partial charge in [-0.2, -0.15) is 0 Å². The molecule has 2 amide bonds. The van der Waals surface area contributed by atoms with E-state index in [1.165, 1.54) is 4.90 Å². The van der Waals surface area contributed by atoms with Crippen LogP contribution in [0.1, 0.15) is 46.0 Å². The highest BCUT2D eigenvalue weighted by atomic mass is 16.2. The van der Waals surface area contributed by atoms with E-state index in [2.05, 4.69) is 0 Å². The second kappa shape index (κ2) is 5.21. The van der Waals surface area contributed by atoms with Crippen molar-refractivity contribution in [2.45, 2.75) is 46.0 Å². The van der Waals surface area contributed by atoms with Gasteiger partial charge in [0.1, 0.15) is 5.78 Å². The van der Waals surface area contributed by atoms with E-state index in [4.69, 9.17) is 0 Å². The number of ketones is 1. The van der Waals surface area contributed by atoms with Gasteiger partial charge >= 0.3 is 0 Å². The lowest BCUT2D eigenvalue weighted by Crippen LogP contribution is -2.36. The summed E-state index contributed by atoms with van der Waals surface area (Å²) in [6.45, 7) is 4.03. The molecule has 1 aliphatic carbocycles. The average Bonchev–Trinajstić information content (AvgIpc) is 2.57. The van der Waals surface area contributed by atoms with Gasteiger partial charge in [0.05, 0.1) is 0 Å². The summed E-state index contributed by atoms with van der Waals surface area (Å²) in [6.07, 6.45) is 4.09. The summed E-state index contributed by atoms with van der Waals surface area (Å²) in [5.74, 6) is 0.667. The van der Waals surface area contributed by atoms with Gasteiger partial charge < -0.3 is 0 Å². The van der Waals surface area contributed by atoms with Crippen molar-refractivity contribution in [3.63, 3.8) is 0 Å². The normalized spacial score (nSPS) is 33.0. The molecule has 0 aromatic rings. The molecule has 0 aromatic heterocycles. The highest BCUT2D eigenvalue weighted by molar-refractivity contribution is 6.03. The van der Waals surface area contributed by atoms with Crippen LogP contribution in [0.4, 0.5) is 0 Å². The van der Waals surface area contributed by atoms with Crippen LogP contribution in [0.5, 0.6) is 0 Å². The summed E-state index contributed by atoms with van der Waals surface area (Å²) in [7, 11) is 0. The van der Waals surface area contributed by atoms with Crippen LogP contribution in [0.3, 0.4) is 0 Å². The first kappa shape index (κ1) is 13.2. The van der Waals surface area contributed by atoms with Gasteiger partial charge in [0.25, 0.3) is 0 Å². The highest BCUT2D eigenvalue weighted by Crippen LogP contribution is 2.31. The van der Waals surface area contributed by atoms with Gasteiger partial charge in [0.2, 0.25) is 11.8 Å². The Balaban J connectivity index is 1.87. The summed E-state index contributed by atoms with van der Waals surface area (Å²) >= 11 is 0. The molecule has 1 heterocycles. The fraction of sp³-hybridized carbons (Fsp3) is 0.786. The van der Waals surface area contributed by atoms with E-state index < -0.39 is 0 Å². The zero-order valence-corrected chi connectivity index (χ0v) is 11.1. The molecule has 1 atom stereocenters. The van der Waals surface area contributed by atoms with Gasteiger partial charge in [-0.05, 0) is 38.5 Å². The van der Waals surface area contributed by atoms with Gasteiger partial charge in [-0.3, -0.25) is 19.3 Å². The van der Waals surface area contributed by atoms with Gasteiger partial charge in [-0.25, -0.2) is 0 Å². The van der Waals surface area contributed by atoms with Crippen LogP contribution in [0, 0.1) is 17.8 Å². The van der Waals surface area contributed by atoms with Crippen molar-refractivity contribution in [2.24, 2.45) is 17.8 Å². The number of nitrogens with zero attached hydrogens (tertiary/aromatic N) is 1. The van der Waals surface area contributed by atoms with Crippen LogP contribution < -0.4 is 0 Å². The Labute approximate surface area is 108 Å². The van der Waals surface area contributed by atoms with E-state index in [0.717, 1.165) is 25.7 Å². The Kier molecular flexibility index (Phi) is 3.83. The van der Waals surface area contributed by atoms with Crippen LogP contribution in [0.15, 0.2) is 0 Å². The minimum atomic E-state index is -0.147. The summed E-state index contributed by atoms with van der Waals surface area (Å²) in [5, 5.41) is 0. The number of hydrogen-bond acceptors (Lipinski definition) is 3. The molecule has 1 aliphatic heterocycles. The second-order valence-electron chi connectivity index (χ2n) is 5.78. The van der Waals surface area contributed by atoms with E-state index in [9.17, 15) is 14.4 Å². The van der Waals surface area contributed by atoms with Gasteiger partial charge in [-0.1, -0.05) is 6.92 Å². The maximum atomic E-state index is 11.8.